The average Bonchev–Trinajstić information content (AvgIpc) is 3.95. The lowest BCUT2D eigenvalue weighted by molar-refractivity contribution is 1.02. The molecule has 0 saturated carbocycles. The Kier molecular flexibility index (Phi) is 5.78. The largest absolute Gasteiger partial charge is 0.309 e. The van der Waals surface area contributed by atoms with Gasteiger partial charge < -0.3 is 4.57 Å². The van der Waals surface area contributed by atoms with Crippen molar-refractivity contribution >= 4 is 107 Å². The van der Waals surface area contributed by atoms with Crippen LogP contribution in [0.4, 0.5) is 0 Å². The van der Waals surface area contributed by atoms with Crippen molar-refractivity contribution < 1.29 is 0 Å². The first-order valence-electron chi connectivity index (χ1n) is 17.4. The fourth-order valence-electron chi connectivity index (χ4n) is 8.37. The van der Waals surface area contributed by atoms with Crippen LogP contribution in [0.5, 0.6) is 0 Å². The van der Waals surface area contributed by atoms with Gasteiger partial charge in [-0.25, -0.2) is 9.97 Å². The molecule has 0 aliphatic carbocycles. The molecule has 0 aliphatic rings. The lowest BCUT2D eigenvalue weighted by Crippen LogP contribution is -2.03. The van der Waals surface area contributed by atoms with Crippen LogP contribution in [0, 0.1) is 0 Å². The Morgan fingerprint density at radius 3 is 1.81 bits per heavy atom. The second-order valence-electron chi connectivity index (χ2n) is 13.4. The molecule has 0 radical (unpaired) electrons. The Labute approximate surface area is 305 Å². The van der Waals surface area contributed by atoms with Gasteiger partial charge in [0, 0.05) is 68.4 Å². The first-order valence-corrected chi connectivity index (χ1v) is 19.1. The van der Waals surface area contributed by atoms with Crippen molar-refractivity contribution in [1.29, 1.82) is 0 Å². The molecule has 52 heavy (non-hydrogen) atoms. The molecule has 12 rings (SSSR count). The van der Waals surface area contributed by atoms with E-state index in [9.17, 15) is 0 Å². The summed E-state index contributed by atoms with van der Waals surface area (Å²) in [7, 11) is 0. The van der Waals surface area contributed by atoms with Crippen molar-refractivity contribution in [2.24, 2.45) is 0 Å². The second-order valence-corrected chi connectivity index (χ2v) is 15.5. The summed E-state index contributed by atoms with van der Waals surface area (Å²) in [5, 5.41) is 9.64. The van der Waals surface area contributed by atoms with Gasteiger partial charge in [0.2, 0.25) is 5.95 Å². The quantitative estimate of drug-likeness (QED) is 0.184. The second kappa shape index (κ2) is 10.6. The molecule has 6 heteroatoms. The van der Waals surface area contributed by atoms with Gasteiger partial charge in [-0.05, 0) is 54.6 Å². The van der Waals surface area contributed by atoms with E-state index in [1.165, 1.54) is 62.8 Å². The molecule has 0 amide bonds. The summed E-state index contributed by atoms with van der Waals surface area (Å²) in [4.78, 5) is 12.0. The fraction of sp³-hybridized carbons (Fsp3) is 0. The van der Waals surface area contributed by atoms with Crippen molar-refractivity contribution in [3.05, 3.63) is 158 Å². The number of hydrogen-bond donors (Lipinski definition) is 0. The predicted molar refractivity (Wildman–Crippen MR) is 222 cm³/mol. The van der Waals surface area contributed by atoms with Crippen molar-refractivity contribution in [2.75, 3.05) is 0 Å². The lowest BCUT2D eigenvalue weighted by Gasteiger charge is -2.12. The molecule has 5 aromatic heterocycles. The highest BCUT2D eigenvalue weighted by molar-refractivity contribution is 7.26. The number of para-hydroxylation sites is 3. The van der Waals surface area contributed by atoms with Gasteiger partial charge in [-0.3, -0.25) is 4.57 Å². The van der Waals surface area contributed by atoms with E-state index in [4.69, 9.17) is 9.97 Å². The van der Waals surface area contributed by atoms with Crippen LogP contribution in [0.25, 0.3) is 107 Å². The highest BCUT2D eigenvalue weighted by atomic mass is 32.1. The van der Waals surface area contributed by atoms with Gasteiger partial charge in [-0.15, -0.1) is 22.7 Å². The average molecular weight is 699 g/mol. The number of hydrogen-bond acceptors (Lipinski definition) is 4. The zero-order valence-corrected chi connectivity index (χ0v) is 29.2. The summed E-state index contributed by atoms with van der Waals surface area (Å²) in [6, 6.07) is 56.8. The van der Waals surface area contributed by atoms with Crippen LogP contribution in [0.15, 0.2) is 158 Å². The van der Waals surface area contributed by atoms with Crippen LogP contribution in [-0.2, 0) is 0 Å². The smallest absolute Gasteiger partial charge is 0.236 e. The third-order valence-electron chi connectivity index (χ3n) is 10.6. The van der Waals surface area contributed by atoms with Crippen LogP contribution in [0.1, 0.15) is 0 Å². The summed E-state index contributed by atoms with van der Waals surface area (Å²) in [6.07, 6.45) is 0. The predicted octanol–water partition coefficient (Wildman–Crippen LogP) is 13.1. The van der Waals surface area contributed by atoms with E-state index in [2.05, 4.69) is 167 Å². The highest BCUT2D eigenvalue weighted by Crippen LogP contribution is 2.45. The van der Waals surface area contributed by atoms with Crippen LogP contribution in [0.2, 0.25) is 0 Å². The molecular formula is C46H26N4S2. The maximum atomic E-state index is 5.61. The molecular weight excluding hydrogens is 673 g/mol. The van der Waals surface area contributed by atoms with Gasteiger partial charge in [0.1, 0.15) is 4.83 Å². The molecule has 7 aromatic carbocycles. The van der Waals surface area contributed by atoms with Crippen LogP contribution in [-0.4, -0.2) is 19.1 Å². The summed E-state index contributed by atoms with van der Waals surface area (Å²) < 4.78 is 8.44. The van der Waals surface area contributed by atoms with E-state index in [1.54, 1.807) is 11.3 Å². The van der Waals surface area contributed by atoms with E-state index >= 15 is 0 Å². The van der Waals surface area contributed by atoms with E-state index < -0.39 is 0 Å². The molecule has 0 unspecified atom stereocenters. The standard InChI is InChI=1S/C46H26N4S2/c1-2-12-28(13-3-1)49-35-18-8-5-15-30(35)34-26-27(22-24-37(34)49)43-42-33-17-7-11-21-39(33)52-45(42)48-46(47-43)50-36-19-9-4-14-29(36)31-23-25-40-41(44(31)50)32-16-6-10-20-38(32)51-40/h1-26H. The number of rotatable bonds is 3. The number of benzene rings is 7. The van der Waals surface area contributed by atoms with Crippen molar-refractivity contribution in [3.8, 4) is 22.9 Å². The Morgan fingerprint density at radius 1 is 0.404 bits per heavy atom. The summed E-state index contributed by atoms with van der Waals surface area (Å²) >= 11 is 3.59. The normalized spacial score (nSPS) is 12.2. The van der Waals surface area contributed by atoms with Gasteiger partial charge in [-0.2, -0.15) is 0 Å². The van der Waals surface area contributed by atoms with E-state index in [-0.39, 0.29) is 0 Å². The zero-order chi connectivity index (χ0) is 33.9. The summed E-state index contributed by atoms with van der Waals surface area (Å²) in [5.41, 5.74) is 7.79. The van der Waals surface area contributed by atoms with Gasteiger partial charge in [-0.1, -0.05) is 103 Å². The molecule has 0 N–H and O–H groups in total. The van der Waals surface area contributed by atoms with Crippen LogP contribution in [0.3, 0.4) is 0 Å². The first-order chi connectivity index (χ1) is 25.8. The lowest BCUT2D eigenvalue weighted by atomic mass is 10.0. The fourth-order valence-corrected chi connectivity index (χ4v) is 10.5. The molecule has 0 spiro atoms. The molecule has 5 heterocycles. The SMILES string of the molecule is c1ccc(-n2c3ccccc3c3cc(-c4nc(-n5c6ccccc6c6ccc7sc8ccccc8c7c65)nc5sc6ccccc6c45)ccc32)cc1. The first kappa shape index (κ1) is 28.4. The Balaban J connectivity index is 1.21. The molecule has 12 aromatic rings. The maximum Gasteiger partial charge on any atom is 0.236 e. The number of thiophene rings is 2. The monoisotopic (exact) mass is 698 g/mol. The maximum absolute atomic E-state index is 5.61. The molecule has 0 atom stereocenters. The van der Waals surface area contributed by atoms with E-state index in [1.807, 2.05) is 11.3 Å². The molecule has 0 fully saturated rings. The minimum absolute atomic E-state index is 0.690. The Bertz CT molecular complexity index is 3420. The van der Waals surface area contributed by atoms with Gasteiger partial charge in [0.25, 0.3) is 0 Å². The molecule has 0 bridgehead atoms. The van der Waals surface area contributed by atoms with E-state index in [0.717, 1.165) is 38.2 Å². The van der Waals surface area contributed by atoms with Gasteiger partial charge in [0.05, 0.1) is 27.8 Å². The number of fused-ring (bicyclic) bond motifs is 13. The van der Waals surface area contributed by atoms with Gasteiger partial charge >= 0.3 is 0 Å². The van der Waals surface area contributed by atoms with Crippen molar-refractivity contribution in [1.82, 2.24) is 19.1 Å². The van der Waals surface area contributed by atoms with Crippen molar-refractivity contribution in [2.45, 2.75) is 0 Å². The molecule has 0 saturated heterocycles. The van der Waals surface area contributed by atoms with Gasteiger partial charge in [0.15, 0.2) is 0 Å². The number of aromatic nitrogens is 4. The van der Waals surface area contributed by atoms with Crippen molar-refractivity contribution in [3.63, 3.8) is 0 Å². The van der Waals surface area contributed by atoms with Crippen LogP contribution >= 0.6 is 22.7 Å². The topological polar surface area (TPSA) is 35.6 Å². The minimum Gasteiger partial charge on any atom is -0.309 e. The third kappa shape index (κ3) is 3.85. The molecule has 4 nitrogen and oxygen atoms in total. The summed E-state index contributed by atoms with van der Waals surface area (Å²) in [5.74, 6) is 0.690. The Morgan fingerprint density at radius 2 is 1.02 bits per heavy atom. The highest BCUT2D eigenvalue weighted by Gasteiger charge is 2.23. The number of nitrogens with zero attached hydrogens (tertiary/aromatic N) is 4. The molecule has 0 aliphatic heterocycles. The summed E-state index contributed by atoms with van der Waals surface area (Å²) in [6.45, 7) is 0. The van der Waals surface area contributed by atoms with E-state index in [0.29, 0.717) is 5.95 Å². The molecule has 242 valence electrons. The van der Waals surface area contributed by atoms with Crippen LogP contribution < -0.4 is 0 Å². The zero-order valence-electron chi connectivity index (χ0n) is 27.6. The Hall–Kier alpha value is -6.34. The minimum atomic E-state index is 0.690. The third-order valence-corrected chi connectivity index (χ3v) is 12.8.